The number of aromatic nitrogens is 2. The first-order chi connectivity index (χ1) is 7.18. The molecule has 2 N–H and O–H groups in total. The van der Waals surface area contributed by atoms with E-state index in [1.54, 1.807) is 6.20 Å². The first kappa shape index (κ1) is 9.65. The van der Waals surface area contributed by atoms with Gasteiger partial charge in [0.2, 0.25) is 0 Å². The van der Waals surface area contributed by atoms with Crippen LogP contribution in [0.2, 0.25) is 0 Å². The molecule has 0 aliphatic rings. The molecule has 0 fully saturated rings. The predicted molar refractivity (Wildman–Crippen MR) is 61.4 cm³/mol. The van der Waals surface area contributed by atoms with Crippen molar-refractivity contribution in [1.29, 1.82) is 0 Å². The number of pyridine rings is 2. The van der Waals surface area contributed by atoms with Gasteiger partial charge in [0.25, 0.3) is 0 Å². The molecule has 0 amide bonds. The van der Waals surface area contributed by atoms with Crippen molar-refractivity contribution in [3.8, 4) is 11.1 Å². The summed E-state index contributed by atoms with van der Waals surface area (Å²) in [4.78, 5) is 8.32. The molecule has 0 spiro atoms. The van der Waals surface area contributed by atoms with Gasteiger partial charge in [0.15, 0.2) is 0 Å². The van der Waals surface area contributed by atoms with E-state index >= 15 is 0 Å². The number of nitrogens with zero attached hydrogens (tertiary/aromatic N) is 2. The smallest absolute Gasteiger partial charge is 0.123 e. The van der Waals surface area contributed by atoms with E-state index in [2.05, 4.69) is 9.97 Å². The minimum atomic E-state index is 0.558. The fourth-order valence-corrected chi connectivity index (χ4v) is 1.64. The van der Waals surface area contributed by atoms with Gasteiger partial charge in [0.05, 0.1) is 0 Å². The van der Waals surface area contributed by atoms with Crippen LogP contribution in [-0.4, -0.2) is 9.97 Å². The molecule has 0 unspecified atom stereocenters. The van der Waals surface area contributed by atoms with Crippen LogP contribution in [0.25, 0.3) is 11.1 Å². The normalized spacial score (nSPS) is 10.3. The molecule has 0 saturated heterocycles. The van der Waals surface area contributed by atoms with Crippen molar-refractivity contribution in [3.63, 3.8) is 0 Å². The van der Waals surface area contributed by atoms with E-state index in [9.17, 15) is 0 Å². The highest BCUT2D eigenvalue weighted by Gasteiger charge is 2.05. The molecular formula is C12H13N3. The van der Waals surface area contributed by atoms with E-state index in [0.717, 1.165) is 22.4 Å². The molecule has 2 rings (SSSR count). The largest absolute Gasteiger partial charge is 0.384 e. The summed E-state index contributed by atoms with van der Waals surface area (Å²) in [5, 5.41) is 0. The number of aryl methyl sites for hydroxylation is 2. The Hall–Kier alpha value is -1.90. The van der Waals surface area contributed by atoms with Crippen LogP contribution in [0.15, 0.2) is 30.6 Å². The predicted octanol–water partition coefficient (Wildman–Crippen LogP) is 2.34. The molecule has 2 heterocycles. The number of nitrogens with two attached hydrogens (primary N) is 1. The summed E-state index contributed by atoms with van der Waals surface area (Å²) < 4.78 is 0. The van der Waals surface area contributed by atoms with Gasteiger partial charge in [-0.05, 0) is 43.2 Å². The summed E-state index contributed by atoms with van der Waals surface area (Å²) in [7, 11) is 0. The van der Waals surface area contributed by atoms with Gasteiger partial charge in [-0.25, -0.2) is 4.98 Å². The third-order valence-electron chi connectivity index (χ3n) is 2.42. The van der Waals surface area contributed by atoms with Crippen molar-refractivity contribution in [2.75, 3.05) is 5.73 Å². The topological polar surface area (TPSA) is 51.8 Å². The highest BCUT2D eigenvalue weighted by molar-refractivity contribution is 5.69. The number of hydrogen-bond acceptors (Lipinski definition) is 3. The monoisotopic (exact) mass is 199 g/mol. The van der Waals surface area contributed by atoms with E-state index in [-0.39, 0.29) is 0 Å². The van der Waals surface area contributed by atoms with E-state index in [0.29, 0.717) is 5.82 Å². The van der Waals surface area contributed by atoms with Gasteiger partial charge in [-0.15, -0.1) is 0 Å². The standard InChI is InChI=1S/C12H13N3/c1-8-7-14-6-5-10(8)11-3-4-12(13)15-9(11)2/h3-7H,1-2H3,(H2,13,15). The number of anilines is 1. The number of rotatable bonds is 1. The Morgan fingerprint density at radius 3 is 2.53 bits per heavy atom. The molecule has 0 aliphatic heterocycles. The van der Waals surface area contributed by atoms with Crippen LogP contribution in [0.3, 0.4) is 0 Å². The first-order valence-corrected chi connectivity index (χ1v) is 4.82. The molecule has 0 radical (unpaired) electrons. The molecule has 0 aliphatic carbocycles. The molecule has 3 heteroatoms. The Morgan fingerprint density at radius 2 is 1.87 bits per heavy atom. The van der Waals surface area contributed by atoms with Crippen LogP contribution in [0.5, 0.6) is 0 Å². The number of hydrogen-bond donors (Lipinski definition) is 1. The van der Waals surface area contributed by atoms with Crippen molar-refractivity contribution in [1.82, 2.24) is 9.97 Å². The summed E-state index contributed by atoms with van der Waals surface area (Å²) in [5.74, 6) is 0.558. The second kappa shape index (κ2) is 3.69. The minimum Gasteiger partial charge on any atom is -0.384 e. The highest BCUT2D eigenvalue weighted by atomic mass is 14.8. The average Bonchev–Trinajstić information content (AvgIpc) is 2.20. The van der Waals surface area contributed by atoms with E-state index in [4.69, 9.17) is 5.73 Å². The molecule has 0 aromatic carbocycles. The Bertz CT molecular complexity index is 492. The highest BCUT2D eigenvalue weighted by Crippen LogP contribution is 2.25. The quantitative estimate of drug-likeness (QED) is 0.767. The van der Waals surface area contributed by atoms with Crippen LogP contribution in [0.1, 0.15) is 11.3 Å². The summed E-state index contributed by atoms with van der Waals surface area (Å²) in [5.41, 5.74) is 9.99. The van der Waals surface area contributed by atoms with Crippen molar-refractivity contribution < 1.29 is 0 Å². The van der Waals surface area contributed by atoms with Gasteiger partial charge in [-0.3, -0.25) is 4.98 Å². The lowest BCUT2D eigenvalue weighted by Crippen LogP contribution is -1.95. The zero-order chi connectivity index (χ0) is 10.8. The zero-order valence-electron chi connectivity index (χ0n) is 8.86. The van der Waals surface area contributed by atoms with Gasteiger partial charge in [0.1, 0.15) is 5.82 Å². The maximum Gasteiger partial charge on any atom is 0.123 e. The van der Waals surface area contributed by atoms with Crippen LogP contribution in [0, 0.1) is 13.8 Å². The summed E-state index contributed by atoms with van der Waals surface area (Å²) in [6, 6.07) is 5.82. The average molecular weight is 199 g/mol. The van der Waals surface area contributed by atoms with Crippen molar-refractivity contribution in [3.05, 3.63) is 41.9 Å². The second-order valence-electron chi connectivity index (χ2n) is 3.56. The lowest BCUT2D eigenvalue weighted by atomic mass is 10.0. The molecule has 0 saturated carbocycles. The molecule has 0 atom stereocenters. The van der Waals surface area contributed by atoms with Gasteiger partial charge in [-0.2, -0.15) is 0 Å². The summed E-state index contributed by atoms with van der Waals surface area (Å²) in [6.45, 7) is 4.00. The Kier molecular flexibility index (Phi) is 2.37. The maximum atomic E-state index is 5.62. The molecule has 2 aromatic rings. The Labute approximate surface area is 89.0 Å². The zero-order valence-corrected chi connectivity index (χ0v) is 8.86. The van der Waals surface area contributed by atoms with Crippen molar-refractivity contribution in [2.24, 2.45) is 0 Å². The van der Waals surface area contributed by atoms with Crippen LogP contribution in [0.4, 0.5) is 5.82 Å². The molecular weight excluding hydrogens is 186 g/mol. The van der Waals surface area contributed by atoms with Gasteiger partial charge in [0, 0.05) is 23.7 Å². The first-order valence-electron chi connectivity index (χ1n) is 4.82. The van der Waals surface area contributed by atoms with Crippen LogP contribution in [-0.2, 0) is 0 Å². The SMILES string of the molecule is Cc1cnccc1-c1ccc(N)nc1C. The fourth-order valence-electron chi connectivity index (χ4n) is 1.64. The lowest BCUT2D eigenvalue weighted by molar-refractivity contribution is 1.20. The summed E-state index contributed by atoms with van der Waals surface area (Å²) >= 11 is 0. The summed E-state index contributed by atoms with van der Waals surface area (Å²) in [6.07, 6.45) is 3.64. The van der Waals surface area contributed by atoms with E-state index < -0.39 is 0 Å². The van der Waals surface area contributed by atoms with E-state index in [1.165, 1.54) is 0 Å². The van der Waals surface area contributed by atoms with Crippen LogP contribution < -0.4 is 5.73 Å². The van der Waals surface area contributed by atoms with E-state index in [1.807, 2.05) is 38.2 Å². The lowest BCUT2D eigenvalue weighted by Gasteiger charge is -2.08. The molecule has 3 nitrogen and oxygen atoms in total. The van der Waals surface area contributed by atoms with Crippen LogP contribution >= 0.6 is 0 Å². The molecule has 0 bridgehead atoms. The molecule has 15 heavy (non-hydrogen) atoms. The van der Waals surface area contributed by atoms with Gasteiger partial charge in [-0.1, -0.05) is 0 Å². The maximum absolute atomic E-state index is 5.62. The third-order valence-corrected chi connectivity index (χ3v) is 2.42. The fraction of sp³-hybridized carbons (Fsp3) is 0.167. The van der Waals surface area contributed by atoms with Gasteiger partial charge < -0.3 is 5.73 Å². The molecule has 2 aromatic heterocycles. The minimum absolute atomic E-state index is 0.558. The third kappa shape index (κ3) is 1.81. The van der Waals surface area contributed by atoms with Crippen molar-refractivity contribution >= 4 is 5.82 Å². The van der Waals surface area contributed by atoms with Gasteiger partial charge >= 0.3 is 0 Å². The number of nitrogen functional groups attached to an aromatic ring is 1. The second-order valence-corrected chi connectivity index (χ2v) is 3.56. The Balaban J connectivity index is 2.60. The van der Waals surface area contributed by atoms with Crippen molar-refractivity contribution in [2.45, 2.75) is 13.8 Å². The Morgan fingerprint density at radius 1 is 1.07 bits per heavy atom. The molecule has 76 valence electrons.